The van der Waals surface area contributed by atoms with Crippen molar-refractivity contribution in [1.82, 2.24) is 10.2 Å². The molecule has 1 rings (SSSR count). The van der Waals surface area contributed by atoms with Crippen LogP contribution in [0, 0.1) is 0 Å². The molecule has 2 amide bonds. The third-order valence-corrected chi connectivity index (χ3v) is 2.54. The van der Waals surface area contributed by atoms with Gasteiger partial charge >= 0.3 is 0 Å². The highest BCUT2D eigenvalue weighted by Crippen LogP contribution is 2.20. The van der Waals surface area contributed by atoms with Gasteiger partial charge in [-0.25, -0.2) is 0 Å². The Hall–Kier alpha value is -0.850. The van der Waals surface area contributed by atoms with E-state index in [1.165, 1.54) is 0 Å². The molecule has 0 radical (unpaired) electrons. The summed E-state index contributed by atoms with van der Waals surface area (Å²) in [5, 5.41) is 2.48. The van der Waals surface area contributed by atoms with Crippen LogP contribution in [0.3, 0.4) is 0 Å². The van der Waals surface area contributed by atoms with E-state index in [4.69, 9.17) is 10.5 Å². The monoisotopic (exact) mass is 279 g/mol. The largest absolute Gasteiger partial charge is 0.369 e. The number of hydrogen-bond acceptors (Lipinski definition) is 4. The molecule has 1 fully saturated rings. The molecule has 1 aliphatic rings. The molecule has 7 heteroatoms. The Kier molecular flexibility index (Phi) is 6.59. The van der Waals surface area contributed by atoms with Crippen molar-refractivity contribution in [2.45, 2.75) is 32.5 Å². The van der Waals surface area contributed by atoms with Crippen LogP contribution in [0.4, 0.5) is 0 Å². The molecule has 106 valence electrons. The van der Waals surface area contributed by atoms with Gasteiger partial charge in [0.15, 0.2) is 0 Å². The Morgan fingerprint density at radius 1 is 1.50 bits per heavy atom. The van der Waals surface area contributed by atoms with Crippen molar-refractivity contribution in [3.63, 3.8) is 0 Å². The number of ether oxygens (including phenoxy) is 1. The SMILES string of the molecule is CC1CN(C(=O)CNC(=O)CN)CC(C)(C)O1.Cl. The van der Waals surface area contributed by atoms with Gasteiger partial charge in [-0.3, -0.25) is 9.59 Å². The minimum Gasteiger partial charge on any atom is -0.369 e. The molecule has 0 aliphatic carbocycles. The molecule has 1 unspecified atom stereocenters. The van der Waals surface area contributed by atoms with Crippen molar-refractivity contribution in [2.24, 2.45) is 5.73 Å². The highest BCUT2D eigenvalue weighted by Gasteiger charge is 2.33. The molecule has 1 saturated heterocycles. The summed E-state index contributed by atoms with van der Waals surface area (Å²) in [7, 11) is 0. The fourth-order valence-electron chi connectivity index (χ4n) is 2.00. The summed E-state index contributed by atoms with van der Waals surface area (Å²) < 4.78 is 5.70. The summed E-state index contributed by atoms with van der Waals surface area (Å²) in [5.74, 6) is -0.422. The maximum Gasteiger partial charge on any atom is 0.242 e. The highest BCUT2D eigenvalue weighted by atomic mass is 35.5. The minimum atomic E-state index is -0.342. The van der Waals surface area contributed by atoms with Gasteiger partial charge in [0.2, 0.25) is 11.8 Å². The highest BCUT2D eigenvalue weighted by molar-refractivity contribution is 5.85. The van der Waals surface area contributed by atoms with E-state index in [-0.39, 0.29) is 49.0 Å². The van der Waals surface area contributed by atoms with Crippen LogP contribution >= 0.6 is 12.4 Å². The van der Waals surface area contributed by atoms with Crippen molar-refractivity contribution in [1.29, 1.82) is 0 Å². The molecule has 6 nitrogen and oxygen atoms in total. The van der Waals surface area contributed by atoms with Crippen LogP contribution in [0.2, 0.25) is 0 Å². The van der Waals surface area contributed by atoms with E-state index in [1.807, 2.05) is 20.8 Å². The van der Waals surface area contributed by atoms with Crippen LogP contribution in [-0.4, -0.2) is 54.6 Å². The molecule has 1 aliphatic heterocycles. The van der Waals surface area contributed by atoms with Crippen molar-refractivity contribution in [2.75, 3.05) is 26.2 Å². The van der Waals surface area contributed by atoms with Gasteiger partial charge in [0.05, 0.1) is 24.8 Å². The molecule has 0 bridgehead atoms. The van der Waals surface area contributed by atoms with Crippen molar-refractivity contribution >= 4 is 24.2 Å². The summed E-state index contributed by atoms with van der Waals surface area (Å²) >= 11 is 0. The smallest absolute Gasteiger partial charge is 0.242 e. The van der Waals surface area contributed by atoms with Gasteiger partial charge in [0, 0.05) is 13.1 Å². The second-order valence-electron chi connectivity index (χ2n) is 4.94. The molecule has 0 spiro atoms. The normalized spacial score (nSPS) is 22.0. The lowest BCUT2D eigenvalue weighted by Crippen LogP contribution is -2.55. The molecule has 1 heterocycles. The summed E-state index contributed by atoms with van der Waals surface area (Å²) in [6.07, 6.45) is 0.00732. The van der Waals surface area contributed by atoms with Gasteiger partial charge < -0.3 is 20.7 Å². The van der Waals surface area contributed by atoms with E-state index in [9.17, 15) is 9.59 Å². The maximum absolute atomic E-state index is 11.9. The lowest BCUT2D eigenvalue weighted by atomic mass is 10.1. The molecule has 1 atom stereocenters. The molecule has 0 aromatic rings. The number of halogens is 1. The zero-order valence-corrected chi connectivity index (χ0v) is 11.9. The van der Waals surface area contributed by atoms with Crippen molar-refractivity contribution in [3.8, 4) is 0 Å². The Labute approximate surface area is 114 Å². The van der Waals surface area contributed by atoms with E-state index < -0.39 is 0 Å². The van der Waals surface area contributed by atoms with Gasteiger partial charge in [0.25, 0.3) is 0 Å². The zero-order chi connectivity index (χ0) is 13.1. The Bertz CT molecular complexity index is 310. The van der Waals surface area contributed by atoms with Crippen molar-refractivity contribution < 1.29 is 14.3 Å². The molecular formula is C11H22ClN3O3. The lowest BCUT2D eigenvalue weighted by molar-refractivity contribution is -0.157. The van der Waals surface area contributed by atoms with E-state index >= 15 is 0 Å². The predicted molar refractivity (Wildman–Crippen MR) is 70.5 cm³/mol. The summed E-state index contributed by atoms with van der Waals surface area (Å²) in [6.45, 7) is 6.81. The Morgan fingerprint density at radius 3 is 2.61 bits per heavy atom. The molecule has 0 aromatic carbocycles. The first kappa shape index (κ1) is 17.2. The first-order valence-electron chi connectivity index (χ1n) is 5.76. The first-order chi connectivity index (χ1) is 7.84. The van der Waals surface area contributed by atoms with E-state index in [1.54, 1.807) is 4.90 Å². The molecule has 0 aromatic heterocycles. The standard InChI is InChI=1S/C11H21N3O3.ClH/c1-8-6-14(7-11(2,3)17-8)10(16)5-13-9(15)4-12;/h8H,4-7,12H2,1-3H3,(H,13,15);1H. The summed E-state index contributed by atoms with van der Waals surface area (Å²) in [5.41, 5.74) is 4.80. The number of carbonyl (C=O) groups is 2. The average Bonchev–Trinajstić information content (AvgIpc) is 2.22. The summed E-state index contributed by atoms with van der Waals surface area (Å²) in [6, 6.07) is 0. The van der Waals surface area contributed by atoms with Gasteiger partial charge in [-0.05, 0) is 20.8 Å². The number of hydrogen-bond donors (Lipinski definition) is 2. The van der Waals surface area contributed by atoms with Gasteiger partial charge in [-0.2, -0.15) is 0 Å². The van der Waals surface area contributed by atoms with Crippen LogP contribution in [0.1, 0.15) is 20.8 Å². The van der Waals surface area contributed by atoms with Crippen molar-refractivity contribution in [3.05, 3.63) is 0 Å². The summed E-state index contributed by atoms with van der Waals surface area (Å²) in [4.78, 5) is 24.5. The van der Waals surface area contributed by atoms with E-state index in [2.05, 4.69) is 5.32 Å². The average molecular weight is 280 g/mol. The quantitative estimate of drug-likeness (QED) is 0.730. The Morgan fingerprint density at radius 2 is 2.11 bits per heavy atom. The van der Waals surface area contributed by atoms with Gasteiger partial charge in [-0.15, -0.1) is 12.4 Å². The predicted octanol–water partition coefficient (Wildman–Crippen LogP) is -0.491. The number of amides is 2. The fourth-order valence-corrected chi connectivity index (χ4v) is 2.00. The molecule has 3 N–H and O–H groups in total. The number of nitrogens with zero attached hydrogens (tertiary/aromatic N) is 1. The first-order valence-corrected chi connectivity index (χ1v) is 5.76. The second kappa shape index (κ2) is 6.92. The lowest BCUT2D eigenvalue weighted by Gasteiger charge is -2.41. The molecule has 0 saturated carbocycles. The minimum absolute atomic E-state index is 0. The van der Waals surface area contributed by atoms with E-state index in [0.717, 1.165) is 0 Å². The van der Waals surface area contributed by atoms with Gasteiger partial charge in [-0.1, -0.05) is 0 Å². The third-order valence-electron chi connectivity index (χ3n) is 2.54. The van der Waals surface area contributed by atoms with Crippen LogP contribution in [0.5, 0.6) is 0 Å². The molecule has 18 heavy (non-hydrogen) atoms. The van der Waals surface area contributed by atoms with Crippen LogP contribution in [0.15, 0.2) is 0 Å². The van der Waals surface area contributed by atoms with Crippen LogP contribution in [0.25, 0.3) is 0 Å². The molecular weight excluding hydrogens is 258 g/mol. The fraction of sp³-hybridized carbons (Fsp3) is 0.818. The number of nitrogens with two attached hydrogens (primary N) is 1. The van der Waals surface area contributed by atoms with E-state index in [0.29, 0.717) is 13.1 Å². The Balaban J connectivity index is 0.00000289. The number of nitrogens with one attached hydrogen (secondary N) is 1. The topological polar surface area (TPSA) is 84.7 Å². The number of rotatable bonds is 3. The number of carbonyl (C=O) groups excluding carboxylic acids is 2. The zero-order valence-electron chi connectivity index (χ0n) is 11.1. The third kappa shape index (κ3) is 5.20. The second-order valence-corrected chi connectivity index (χ2v) is 4.94. The number of morpholine rings is 1. The van der Waals surface area contributed by atoms with Gasteiger partial charge in [0.1, 0.15) is 0 Å². The van der Waals surface area contributed by atoms with Crippen LogP contribution < -0.4 is 11.1 Å². The maximum atomic E-state index is 11.9. The van der Waals surface area contributed by atoms with Crippen LogP contribution in [-0.2, 0) is 14.3 Å².